The number of hydrogen-bond donors (Lipinski definition) is 1. The summed E-state index contributed by atoms with van der Waals surface area (Å²) in [6.07, 6.45) is 2.03. The molecule has 0 aliphatic carbocycles. The van der Waals surface area contributed by atoms with Crippen LogP contribution in [0.25, 0.3) is 0 Å². The summed E-state index contributed by atoms with van der Waals surface area (Å²) < 4.78 is 6.18. The molecule has 0 saturated carbocycles. The van der Waals surface area contributed by atoms with Crippen molar-refractivity contribution in [2.45, 2.75) is 45.3 Å². The lowest BCUT2D eigenvalue weighted by molar-refractivity contribution is 0.135. The molecule has 0 radical (unpaired) electrons. The minimum Gasteiger partial charge on any atom is -0.487 e. The molecule has 1 aromatic rings. The first-order valence-electron chi connectivity index (χ1n) is 7.39. The maximum atomic E-state index is 6.18. The number of fused-ring (bicyclic) bond motifs is 1. The molecule has 0 spiro atoms. The molecule has 3 rings (SSSR count). The van der Waals surface area contributed by atoms with E-state index in [-0.39, 0.29) is 11.6 Å². The van der Waals surface area contributed by atoms with Crippen molar-refractivity contribution in [3.63, 3.8) is 0 Å². The van der Waals surface area contributed by atoms with Crippen molar-refractivity contribution in [1.29, 1.82) is 0 Å². The maximum Gasteiger partial charge on any atom is 0.191 e. The Morgan fingerprint density at radius 3 is 3.00 bits per heavy atom. The molecule has 0 fully saturated rings. The molecule has 20 heavy (non-hydrogen) atoms. The predicted molar refractivity (Wildman–Crippen MR) is 81.1 cm³/mol. The van der Waals surface area contributed by atoms with Crippen molar-refractivity contribution in [1.82, 2.24) is 4.90 Å². The Hall–Kier alpha value is -1.71. The summed E-state index contributed by atoms with van der Waals surface area (Å²) in [5.41, 5.74) is 8.44. The van der Waals surface area contributed by atoms with Gasteiger partial charge in [0.2, 0.25) is 0 Å². The van der Waals surface area contributed by atoms with E-state index in [1.165, 1.54) is 11.1 Å². The molecule has 4 heteroatoms. The molecular weight excluding hydrogens is 250 g/mol. The summed E-state index contributed by atoms with van der Waals surface area (Å²) in [6, 6.07) is 6.66. The number of nitrogens with two attached hydrogens (primary N) is 1. The number of guanidine groups is 1. The third kappa shape index (κ3) is 2.13. The lowest BCUT2D eigenvalue weighted by Crippen LogP contribution is -2.36. The number of aliphatic imine (C=N–C) groups is 1. The van der Waals surface area contributed by atoms with Gasteiger partial charge in [-0.3, -0.25) is 4.99 Å². The van der Waals surface area contributed by atoms with Gasteiger partial charge >= 0.3 is 0 Å². The number of ether oxygens (including phenoxy) is 1. The quantitative estimate of drug-likeness (QED) is 0.920. The summed E-state index contributed by atoms with van der Waals surface area (Å²) in [6.45, 7) is 8.11. The Balaban J connectivity index is 1.95. The molecule has 1 unspecified atom stereocenters. The summed E-state index contributed by atoms with van der Waals surface area (Å²) in [4.78, 5) is 6.62. The molecule has 2 N–H and O–H groups in total. The SMILES string of the molecule is CCCN1C(N)=NCC1c1cccc2c1OC(C)(C)C2. The van der Waals surface area contributed by atoms with E-state index in [2.05, 4.69) is 48.9 Å². The number of benzene rings is 1. The lowest BCUT2D eigenvalue weighted by atomic mass is 9.98. The lowest BCUT2D eigenvalue weighted by Gasteiger charge is -2.28. The third-order valence-corrected chi connectivity index (χ3v) is 4.04. The number of hydrogen-bond acceptors (Lipinski definition) is 4. The van der Waals surface area contributed by atoms with Gasteiger partial charge in [-0.1, -0.05) is 25.1 Å². The zero-order valence-corrected chi connectivity index (χ0v) is 12.5. The molecule has 2 aliphatic heterocycles. The van der Waals surface area contributed by atoms with E-state index < -0.39 is 0 Å². The normalized spacial score (nSPS) is 23.4. The molecule has 2 aliphatic rings. The van der Waals surface area contributed by atoms with E-state index in [9.17, 15) is 0 Å². The summed E-state index contributed by atoms with van der Waals surface area (Å²) in [5.74, 6) is 1.71. The van der Waals surface area contributed by atoms with Crippen molar-refractivity contribution in [2.24, 2.45) is 10.7 Å². The van der Waals surface area contributed by atoms with Gasteiger partial charge in [-0.15, -0.1) is 0 Å². The molecule has 0 amide bonds. The molecule has 0 bridgehead atoms. The third-order valence-electron chi connectivity index (χ3n) is 4.04. The zero-order valence-electron chi connectivity index (χ0n) is 12.5. The fraction of sp³-hybridized carbons (Fsp3) is 0.562. The molecule has 0 aromatic heterocycles. The Labute approximate surface area is 120 Å². The summed E-state index contributed by atoms with van der Waals surface area (Å²) in [5, 5.41) is 0. The summed E-state index contributed by atoms with van der Waals surface area (Å²) >= 11 is 0. The second-order valence-electron chi connectivity index (χ2n) is 6.28. The van der Waals surface area contributed by atoms with Gasteiger partial charge in [-0.05, 0) is 25.8 Å². The van der Waals surface area contributed by atoms with Gasteiger partial charge in [0.15, 0.2) is 5.96 Å². The summed E-state index contributed by atoms with van der Waals surface area (Å²) in [7, 11) is 0. The van der Waals surface area contributed by atoms with Gasteiger partial charge < -0.3 is 15.4 Å². The smallest absolute Gasteiger partial charge is 0.191 e. The Morgan fingerprint density at radius 2 is 2.25 bits per heavy atom. The van der Waals surface area contributed by atoms with Crippen LogP contribution in [-0.4, -0.2) is 29.6 Å². The van der Waals surface area contributed by atoms with Gasteiger partial charge in [0.05, 0.1) is 12.6 Å². The van der Waals surface area contributed by atoms with Crippen molar-refractivity contribution >= 4 is 5.96 Å². The van der Waals surface area contributed by atoms with Crippen molar-refractivity contribution < 1.29 is 4.74 Å². The van der Waals surface area contributed by atoms with Crippen LogP contribution in [0, 0.1) is 0 Å². The molecule has 108 valence electrons. The standard InChI is InChI=1S/C16H23N3O/c1-4-8-19-13(10-18-15(19)17)12-7-5-6-11-9-16(2,3)20-14(11)12/h5-7,13H,4,8-10H2,1-3H3,(H2,17,18). The average molecular weight is 273 g/mol. The monoisotopic (exact) mass is 273 g/mol. The molecule has 4 nitrogen and oxygen atoms in total. The first-order chi connectivity index (χ1) is 9.52. The van der Waals surface area contributed by atoms with E-state index >= 15 is 0 Å². The first-order valence-corrected chi connectivity index (χ1v) is 7.39. The predicted octanol–water partition coefficient (Wildman–Crippen LogP) is 2.48. The Bertz CT molecular complexity index is 551. The molecule has 1 atom stereocenters. The fourth-order valence-electron chi connectivity index (χ4n) is 3.21. The van der Waals surface area contributed by atoms with Crippen molar-refractivity contribution in [2.75, 3.05) is 13.1 Å². The van der Waals surface area contributed by atoms with E-state index in [0.29, 0.717) is 5.96 Å². The highest BCUT2D eigenvalue weighted by molar-refractivity contribution is 5.80. The minimum absolute atomic E-state index is 0.112. The minimum atomic E-state index is -0.112. The van der Waals surface area contributed by atoms with Crippen LogP contribution in [0.15, 0.2) is 23.2 Å². The van der Waals surface area contributed by atoms with E-state index in [1.807, 2.05) is 0 Å². The van der Waals surface area contributed by atoms with Crippen LogP contribution in [0.1, 0.15) is 44.4 Å². The van der Waals surface area contributed by atoms with Crippen molar-refractivity contribution in [3.8, 4) is 5.75 Å². The van der Waals surface area contributed by atoms with E-state index in [0.717, 1.165) is 31.7 Å². The second kappa shape index (κ2) is 4.69. The Morgan fingerprint density at radius 1 is 1.45 bits per heavy atom. The van der Waals surface area contributed by atoms with Gasteiger partial charge in [0.1, 0.15) is 11.4 Å². The maximum absolute atomic E-state index is 6.18. The van der Waals surface area contributed by atoms with Crippen LogP contribution in [0.5, 0.6) is 5.75 Å². The number of para-hydroxylation sites is 1. The van der Waals surface area contributed by atoms with Crippen molar-refractivity contribution in [3.05, 3.63) is 29.3 Å². The van der Waals surface area contributed by atoms with Crippen LogP contribution in [0.4, 0.5) is 0 Å². The van der Waals surface area contributed by atoms with Gasteiger partial charge in [-0.25, -0.2) is 0 Å². The molecular formula is C16H23N3O. The van der Waals surface area contributed by atoms with Gasteiger partial charge in [0, 0.05) is 18.5 Å². The fourth-order valence-corrected chi connectivity index (χ4v) is 3.21. The van der Waals surface area contributed by atoms with E-state index in [4.69, 9.17) is 10.5 Å². The first kappa shape index (κ1) is 13.3. The van der Waals surface area contributed by atoms with Gasteiger partial charge in [0.25, 0.3) is 0 Å². The van der Waals surface area contributed by atoms with Crippen LogP contribution >= 0.6 is 0 Å². The molecule has 1 aromatic carbocycles. The van der Waals surface area contributed by atoms with Crippen LogP contribution in [0.2, 0.25) is 0 Å². The largest absolute Gasteiger partial charge is 0.487 e. The van der Waals surface area contributed by atoms with E-state index in [1.54, 1.807) is 0 Å². The average Bonchev–Trinajstić information content (AvgIpc) is 2.89. The van der Waals surface area contributed by atoms with Gasteiger partial charge in [-0.2, -0.15) is 0 Å². The Kier molecular flexibility index (Phi) is 3.11. The highest BCUT2D eigenvalue weighted by atomic mass is 16.5. The second-order valence-corrected chi connectivity index (χ2v) is 6.28. The highest BCUT2D eigenvalue weighted by Crippen LogP contribution is 2.42. The highest BCUT2D eigenvalue weighted by Gasteiger charge is 2.36. The van der Waals surface area contributed by atoms with Crippen LogP contribution < -0.4 is 10.5 Å². The number of rotatable bonds is 3. The van der Waals surface area contributed by atoms with Crippen LogP contribution in [-0.2, 0) is 6.42 Å². The molecule has 2 heterocycles. The topological polar surface area (TPSA) is 50.8 Å². The molecule has 0 saturated heterocycles. The number of nitrogens with zero attached hydrogens (tertiary/aromatic N) is 2. The zero-order chi connectivity index (χ0) is 14.3. The van der Waals surface area contributed by atoms with Crippen LogP contribution in [0.3, 0.4) is 0 Å².